The molecule has 0 saturated heterocycles. The van der Waals surface area contributed by atoms with E-state index in [0.29, 0.717) is 0 Å². The lowest BCUT2D eigenvalue weighted by Crippen LogP contribution is -2.21. The molecule has 2 aromatic carbocycles. The van der Waals surface area contributed by atoms with Crippen LogP contribution in [0, 0.1) is 0 Å². The van der Waals surface area contributed by atoms with Gasteiger partial charge in [0.25, 0.3) is 0 Å². The molecule has 0 radical (unpaired) electrons. The smallest absolute Gasteiger partial charge is 0.340 e. The van der Waals surface area contributed by atoms with E-state index in [0.717, 1.165) is 24.3 Å². The number of nitrogens with zero attached hydrogens (tertiary/aromatic N) is 1. The standard InChI is InChI=1S/C15H12N2O7/c16-17-12(13(21)6-1-3-8(18)10(20)5-6)7-2-4-9(19)14(22)11(7)15(23)24/h1-5,18-20,22H,16H2,(H,23,24). The zero-order valence-electron chi connectivity index (χ0n) is 12.0. The monoisotopic (exact) mass is 332 g/mol. The third-order valence-electron chi connectivity index (χ3n) is 3.21. The summed E-state index contributed by atoms with van der Waals surface area (Å²) >= 11 is 0. The maximum atomic E-state index is 12.5. The fourth-order valence-electron chi connectivity index (χ4n) is 2.05. The van der Waals surface area contributed by atoms with Crippen LogP contribution in [0.3, 0.4) is 0 Å². The molecule has 0 heterocycles. The molecule has 0 unspecified atom stereocenters. The Morgan fingerprint density at radius 1 is 0.917 bits per heavy atom. The summed E-state index contributed by atoms with van der Waals surface area (Å²) in [5.41, 5.74) is -1.72. The Balaban J connectivity index is 2.61. The van der Waals surface area contributed by atoms with Crippen molar-refractivity contribution in [2.24, 2.45) is 10.9 Å². The molecule has 0 aliphatic carbocycles. The van der Waals surface area contributed by atoms with Gasteiger partial charge in [0.15, 0.2) is 23.0 Å². The van der Waals surface area contributed by atoms with Gasteiger partial charge in [-0.15, -0.1) is 0 Å². The second kappa shape index (κ2) is 6.16. The SMILES string of the molecule is NN=C(C(=O)c1ccc(O)c(O)c1)c1ccc(O)c(O)c1C(=O)O. The predicted molar refractivity (Wildman–Crippen MR) is 81.6 cm³/mol. The quantitative estimate of drug-likeness (QED) is 0.156. The largest absolute Gasteiger partial charge is 0.504 e. The fourth-order valence-corrected chi connectivity index (χ4v) is 2.05. The van der Waals surface area contributed by atoms with Crippen molar-refractivity contribution < 1.29 is 35.1 Å². The summed E-state index contributed by atoms with van der Waals surface area (Å²) in [4.78, 5) is 23.8. The number of hydrazone groups is 1. The van der Waals surface area contributed by atoms with Crippen molar-refractivity contribution in [1.82, 2.24) is 0 Å². The zero-order valence-corrected chi connectivity index (χ0v) is 12.0. The molecule has 2 rings (SSSR count). The first-order valence-corrected chi connectivity index (χ1v) is 6.41. The lowest BCUT2D eigenvalue weighted by Gasteiger charge is -2.11. The minimum Gasteiger partial charge on any atom is -0.504 e. The number of nitrogens with two attached hydrogens (primary N) is 1. The molecule has 9 nitrogen and oxygen atoms in total. The van der Waals surface area contributed by atoms with Gasteiger partial charge < -0.3 is 31.4 Å². The number of hydrogen-bond donors (Lipinski definition) is 6. The van der Waals surface area contributed by atoms with Gasteiger partial charge in [-0.1, -0.05) is 0 Å². The van der Waals surface area contributed by atoms with Gasteiger partial charge in [0.1, 0.15) is 11.3 Å². The van der Waals surface area contributed by atoms with Crippen molar-refractivity contribution in [3.05, 3.63) is 47.0 Å². The number of rotatable bonds is 4. The van der Waals surface area contributed by atoms with E-state index in [4.69, 9.17) is 5.84 Å². The number of benzene rings is 2. The second-order valence-corrected chi connectivity index (χ2v) is 4.67. The molecular formula is C15H12N2O7. The number of carboxylic acids is 1. The van der Waals surface area contributed by atoms with Crippen LogP contribution >= 0.6 is 0 Å². The Labute approximate surface area is 134 Å². The summed E-state index contributed by atoms with van der Waals surface area (Å²) in [5, 5.41) is 50.3. The minimum absolute atomic E-state index is 0.126. The van der Waals surface area contributed by atoms with Gasteiger partial charge in [-0.3, -0.25) is 4.79 Å². The van der Waals surface area contributed by atoms with Gasteiger partial charge >= 0.3 is 5.97 Å². The predicted octanol–water partition coefficient (Wildman–Crippen LogP) is 0.753. The molecule has 0 fully saturated rings. The van der Waals surface area contributed by atoms with Gasteiger partial charge in [0.2, 0.25) is 5.78 Å². The molecule has 7 N–H and O–H groups in total. The molecule has 0 aliphatic heterocycles. The highest BCUT2D eigenvalue weighted by molar-refractivity contribution is 6.52. The van der Waals surface area contributed by atoms with Gasteiger partial charge in [-0.25, -0.2) is 4.79 Å². The van der Waals surface area contributed by atoms with E-state index in [2.05, 4.69) is 5.10 Å². The van der Waals surface area contributed by atoms with Gasteiger partial charge in [0, 0.05) is 11.1 Å². The zero-order chi connectivity index (χ0) is 18.0. The molecule has 124 valence electrons. The molecule has 0 atom stereocenters. The number of carbonyl (C=O) groups excluding carboxylic acids is 1. The van der Waals surface area contributed by atoms with Crippen LogP contribution in [-0.4, -0.2) is 43.0 Å². The number of Topliss-reactive ketones (excluding diaryl/α,β-unsaturated/α-hetero) is 1. The van der Waals surface area contributed by atoms with Crippen molar-refractivity contribution >= 4 is 17.5 Å². The second-order valence-electron chi connectivity index (χ2n) is 4.67. The molecule has 2 aromatic rings. The van der Waals surface area contributed by atoms with Crippen molar-refractivity contribution in [2.45, 2.75) is 0 Å². The van der Waals surface area contributed by atoms with E-state index >= 15 is 0 Å². The molecule has 0 amide bonds. The van der Waals surface area contributed by atoms with Crippen molar-refractivity contribution in [3.8, 4) is 23.0 Å². The minimum atomic E-state index is -1.61. The molecule has 0 saturated carbocycles. The number of phenols is 4. The van der Waals surface area contributed by atoms with E-state index in [1.807, 2.05) is 0 Å². The lowest BCUT2D eigenvalue weighted by atomic mass is 9.95. The third kappa shape index (κ3) is 2.77. The van der Waals surface area contributed by atoms with Crippen LogP contribution < -0.4 is 5.84 Å². The maximum absolute atomic E-state index is 12.5. The number of aromatic hydroxyl groups is 4. The van der Waals surface area contributed by atoms with Crippen LogP contribution in [0.2, 0.25) is 0 Å². The molecular weight excluding hydrogens is 320 g/mol. The normalized spacial score (nSPS) is 11.2. The van der Waals surface area contributed by atoms with Crippen LogP contribution in [-0.2, 0) is 0 Å². The first-order valence-electron chi connectivity index (χ1n) is 6.41. The van der Waals surface area contributed by atoms with Crippen LogP contribution in [0.1, 0.15) is 26.3 Å². The molecule has 9 heteroatoms. The Kier molecular flexibility index (Phi) is 4.27. The summed E-state index contributed by atoms with van der Waals surface area (Å²) in [6.07, 6.45) is 0. The highest BCUT2D eigenvalue weighted by Crippen LogP contribution is 2.32. The van der Waals surface area contributed by atoms with Crippen molar-refractivity contribution in [3.63, 3.8) is 0 Å². The average Bonchev–Trinajstić information content (AvgIpc) is 2.53. The van der Waals surface area contributed by atoms with Gasteiger partial charge in [-0.2, -0.15) is 5.10 Å². The fraction of sp³-hybridized carbons (Fsp3) is 0. The Morgan fingerprint density at radius 2 is 1.54 bits per heavy atom. The summed E-state index contributed by atoms with van der Waals surface area (Å²) in [6, 6.07) is 5.21. The van der Waals surface area contributed by atoms with Crippen LogP contribution in [0.15, 0.2) is 35.4 Å². The van der Waals surface area contributed by atoms with E-state index < -0.39 is 46.0 Å². The Hall–Kier alpha value is -3.75. The topological polar surface area (TPSA) is 174 Å². The molecule has 0 aliphatic rings. The van der Waals surface area contributed by atoms with E-state index in [1.54, 1.807) is 0 Å². The average molecular weight is 332 g/mol. The highest BCUT2D eigenvalue weighted by Gasteiger charge is 2.26. The maximum Gasteiger partial charge on any atom is 0.340 e. The number of aromatic carboxylic acids is 1. The number of ketones is 1. The summed E-state index contributed by atoms with van der Waals surface area (Å²) in [6.45, 7) is 0. The highest BCUT2D eigenvalue weighted by atomic mass is 16.4. The van der Waals surface area contributed by atoms with E-state index in [-0.39, 0.29) is 11.1 Å². The third-order valence-corrected chi connectivity index (χ3v) is 3.21. The number of hydrogen-bond acceptors (Lipinski definition) is 8. The Morgan fingerprint density at radius 3 is 2.08 bits per heavy atom. The molecule has 0 aromatic heterocycles. The van der Waals surface area contributed by atoms with Crippen LogP contribution in [0.4, 0.5) is 0 Å². The van der Waals surface area contributed by atoms with E-state index in [1.165, 1.54) is 6.07 Å². The summed E-state index contributed by atoms with van der Waals surface area (Å²) in [7, 11) is 0. The summed E-state index contributed by atoms with van der Waals surface area (Å²) in [5.74, 6) is 0.0628. The first-order chi connectivity index (χ1) is 11.3. The van der Waals surface area contributed by atoms with Crippen molar-refractivity contribution in [1.29, 1.82) is 0 Å². The van der Waals surface area contributed by atoms with Crippen molar-refractivity contribution in [2.75, 3.05) is 0 Å². The van der Waals surface area contributed by atoms with Gasteiger partial charge in [-0.05, 0) is 30.3 Å². The van der Waals surface area contributed by atoms with Crippen LogP contribution in [0.5, 0.6) is 23.0 Å². The number of carbonyl (C=O) groups is 2. The number of carboxylic acid groups (broad SMARTS) is 1. The van der Waals surface area contributed by atoms with Gasteiger partial charge in [0.05, 0.1) is 0 Å². The molecule has 0 bridgehead atoms. The molecule has 0 spiro atoms. The first kappa shape index (κ1) is 16.6. The Bertz CT molecular complexity index is 874. The lowest BCUT2D eigenvalue weighted by molar-refractivity contribution is 0.0692. The summed E-state index contributed by atoms with van der Waals surface area (Å²) < 4.78 is 0. The van der Waals surface area contributed by atoms with E-state index in [9.17, 15) is 35.1 Å². The number of phenolic OH excluding ortho intramolecular Hbond substituents is 3. The molecule has 24 heavy (non-hydrogen) atoms. The van der Waals surface area contributed by atoms with Crippen LogP contribution in [0.25, 0.3) is 0 Å².